The topological polar surface area (TPSA) is 103 Å². The number of nitrogens with zero attached hydrogens (tertiary/aromatic N) is 3. The molecule has 7 nitrogen and oxygen atoms in total. The van der Waals surface area contributed by atoms with Crippen molar-refractivity contribution in [3.63, 3.8) is 0 Å². The van der Waals surface area contributed by atoms with Gasteiger partial charge < -0.3 is 15.6 Å². The van der Waals surface area contributed by atoms with Crippen LogP contribution in [0.2, 0.25) is 0 Å². The lowest BCUT2D eigenvalue weighted by Crippen LogP contribution is -2.17. The van der Waals surface area contributed by atoms with Crippen LogP contribution in [0.25, 0.3) is 0 Å². The Morgan fingerprint density at radius 2 is 2.00 bits per heavy atom. The summed E-state index contributed by atoms with van der Waals surface area (Å²) in [7, 11) is 0. The van der Waals surface area contributed by atoms with Crippen molar-refractivity contribution >= 4 is 29.3 Å². The maximum Gasteiger partial charge on any atom is 0.234 e. The quantitative estimate of drug-likeness (QED) is 0.642. The van der Waals surface area contributed by atoms with Crippen molar-refractivity contribution < 1.29 is 9.59 Å². The van der Waals surface area contributed by atoms with Gasteiger partial charge in [0.05, 0.1) is 5.75 Å². The van der Waals surface area contributed by atoms with Crippen molar-refractivity contribution in [1.29, 1.82) is 0 Å². The minimum absolute atomic E-state index is 0.0912. The average molecular weight is 390 g/mol. The Balaban J connectivity index is 2.04. The molecule has 0 saturated heterocycles. The van der Waals surface area contributed by atoms with Crippen molar-refractivity contribution in [2.24, 2.45) is 11.7 Å². The molecule has 0 bridgehead atoms. The van der Waals surface area contributed by atoms with Gasteiger partial charge in [-0.3, -0.25) is 9.59 Å². The van der Waals surface area contributed by atoms with Crippen LogP contribution in [0.15, 0.2) is 23.4 Å². The molecule has 0 atom stereocenters. The third kappa shape index (κ3) is 6.39. The predicted octanol–water partition coefficient (Wildman–Crippen LogP) is 2.70. The number of thioether (sulfide) groups is 1. The van der Waals surface area contributed by atoms with Gasteiger partial charge in [-0.2, -0.15) is 0 Å². The van der Waals surface area contributed by atoms with Crippen LogP contribution in [0, 0.1) is 19.8 Å². The van der Waals surface area contributed by atoms with Crippen molar-refractivity contribution in [1.82, 2.24) is 14.8 Å². The van der Waals surface area contributed by atoms with E-state index in [0.717, 1.165) is 29.2 Å². The zero-order valence-electron chi connectivity index (χ0n) is 16.3. The van der Waals surface area contributed by atoms with Gasteiger partial charge in [-0.25, -0.2) is 0 Å². The van der Waals surface area contributed by atoms with Gasteiger partial charge in [0.15, 0.2) is 5.16 Å². The lowest BCUT2D eigenvalue weighted by molar-refractivity contribution is -0.118. The molecule has 146 valence electrons. The number of hydrogen-bond donors (Lipinski definition) is 2. The number of aromatic nitrogens is 3. The van der Waals surface area contributed by atoms with E-state index in [0.29, 0.717) is 17.5 Å². The SMILES string of the molecule is Cc1ccc(C)c(NC(=O)CSc2nnc(CCC(N)=O)n2CC(C)C)c1. The summed E-state index contributed by atoms with van der Waals surface area (Å²) in [5, 5.41) is 12.0. The first-order valence-corrected chi connectivity index (χ1v) is 9.95. The highest BCUT2D eigenvalue weighted by Gasteiger charge is 2.16. The van der Waals surface area contributed by atoms with Crippen LogP contribution < -0.4 is 11.1 Å². The fraction of sp³-hybridized carbons (Fsp3) is 0.474. The summed E-state index contributed by atoms with van der Waals surface area (Å²) in [6.45, 7) is 8.87. The van der Waals surface area contributed by atoms with Crippen LogP contribution in [0.5, 0.6) is 0 Å². The van der Waals surface area contributed by atoms with Crippen molar-refractivity contribution in [2.75, 3.05) is 11.1 Å². The van der Waals surface area contributed by atoms with Gasteiger partial charge in [-0.1, -0.05) is 37.7 Å². The second-order valence-electron chi connectivity index (χ2n) is 7.02. The molecule has 1 heterocycles. The van der Waals surface area contributed by atoms with E-state index < -0.39 is 0 Å². The van der Waals surface area contributed by atoms with Crippen LogP contribution in [-0.2, 0) is 22.6 Å². The number of rotatable bonds is 9. The number of amides is 2. The average Bonchev–Trinajstić information content (AvgIpc) is 2.95. The predicted molar refractivity (Wildman–Crippen MR) is 108 cm³/mol. The van der Waals surface area contributed by atoms with Crippen LogP contribution in [0.4, 0.5) is 5.69 Å². The van der Waals surface area contributed by atoms with Gasteiger partial charge in [0, 0.05) is 25.1 Å². The summed E-state index contributed by atoms with van der Waals surface area (Å²) in [5.74, 6) is 0.887. The smallest absolute Gasteiger partial charge is 0.234 e. The molecule has 0 unspecified atom stereocenters. The number of nitrogens with two attached hydrogens (primary N) is 1. The van der Waals surface area contributed by atoms with Crippen LogP contribution in [-0.4, -0.2) is 32.3 Å². The Morgan fingerprint density at radius 1 is 1.26 bits per heavy atom. The van der Waals surface area contributed by atoms with E-state index in [-0.39, 0.29) is 24.0 Å². The highest BCUT2D eigenvalue weighted by Crippen LogP contribution is 2.21. The summed E-state index contributed by atoms with van der Waals surface area (Å²) in [5.41, 5.74) is 8.18. The Morgan fingerprint density at radius 3 is 2.67 bits per heavy atom. The van der Waals surface area contributed by atoms with E-state index in [4.69, 9.17) is 5.73 Å². The zero-order chi connectivity index (χ0) is 20.0. The van der Waals surface area contributed by atoms with Crippen molar-refractivity contribution in [3.05, 3.63) is 35.2 Å². The summed E-state index contributed by atoms with van der Waals surface area (Å²) < 4.78 is 1.98. The molecule has 0 aliphatic rings. The van der Waals surface area contributed by atoms with Gasteiger partial charge in [0.1, 0.15) is 5.82 Å². The standard InChI is InChI=1S/C19H27N5O2S/c1-12(2)10-24-17(8-7-16(20)25)22-23-19(24)27-11-18(26)21-15-9-13(3)5-6-14(15)4/h5-6,9,12H,7-8,10-11H2,1-4H3,(H2,20,25)(H,21,26). The van der Waals surface area contributed by atoms with Gasteiger partial charge >= 0.3 is 0 Å². The molecule has 27 heavy (non-hydrogen) atoms. The van der Waals surface area contributed by atoms with Crippen molar-refractivity contribution in [2.45, 2.75) is 52.2 Å². The first-order valence-electron chi connectivity index (χ1n) is 8.96. The van der Waals surface area contributed by atoms with E-state index >= 15 is 0 Å². The molecule has 8 heteroatoms. The minimum atomic E-state index is -0.365. The normalized spacial score (nSPS) is 11.0. The Bertz CT molecular complexity index is 816. The fourth-order valence-electron chi connectivity index (χ4n) is 2.58. The number of anilines is 1. The first kappa shape index (κ1) is 21.0. The second-order valence-corrected chi connectivity index (χ2v) is 7.97. The van der Waals surface area contributed by atoms with E-state index in [2.05, 4.69) is 29.4 Å². The third-order valence-electron chi connectivity index (χ3n) is 3.94. The number of carbonyl (C=O) groups is 2. The monoisotopic (exact) mass is 389 g/mol. The fourth-order valence-corrected chi connectivity index (χ4v) is 3.35. The maximum atomic E-state index is 12.4. The van der Waals surface area contributed by atoms with E-state index in [9.17, 15) is 9.59 Å². The number of carbonyl (C=O) groups excluding carboxylic acids is 2. The molecule has 2 aromatic rings. The van der Waals surface area contributed by atoms with Crippen LogP contribution in [0.1, 0.15) is 37.2 Å². The number of aryl methyl sites for hydroxylation is 3. The molecule has 0 radical (unpaired) electrons. The summed E-state index contributed by atoms with van der Waals surface area (Å²) in [4.78, 5) is 23.4. The molecule has 0 aliphatic carbocycles. The molecule has 3 N–H and O–H groups in total. The molecule has 0 aliphatic heterocycles. The highest BCUT2D eigenvalue weighted by atomic mass is 32.2. The van der Waals surface area contributed by atoms with E-state index in [1.165, 1.54) is 11.8 Å². The van der Waals surface area contributed by atoms with Gasteiger partial charge in [0.2, 0.25) is 11.8 Å². The minimum Gasteiger partial charge on any atom is -0.370 e. The van der Waals surface area contributed by atoms with E-state index in [1.807, 2.05) is 36.6 Å². The third-order valence-corrected chi connectivity index (χ3v) is 4.90. The largest absolute Gasteiger partial charge is 0.370 e. The summed E-state index contributed by atoms with van der Waals surface area (Å²) in [6, 6.07) is 5.96. The van der Waals surface area contributed by atoms with Crippen LogP contribution >= 0.6 is 11.8 Å². The molecule has 1 aromatic carbocycles. The zero-order valence-corrected chi connectivity index (χ0v) is 17.1. The number of hydrogen-bond acceptors (Lipinski definition) is 5. The van der Waals surface area contributed by atoms with Crippen molar-refractivity contribution in [3.8, 4) is 0 Å². The Labute approximate surface area is 164 Å². The molecule has 0 spiro atoms. The second kappa shape index (κ2) is 9.55. The molecular weight excluding hydrogens is 362 g/mol. The number of primary amides is 1. The lowest BCUT2D eigenvalue weighted by atomic mass is 10.1. The molecule has 2 amide bonds. The summed E-state index contributed by atoms with van der Waals surface area (Å²) >= 11 is 1.34. The van der Waals surface area contributed by atoms with E-state index in [1.54, 1.807) is 0 Å². The molecule has 0 saturated carbocycles. The lowest BCUT2D eigenvalue weighted by Gasteiger charge is -2.12. The highest BCUT2D eigenvalue weighted by molar-refractivity contribution is 7.99. The molecule has 2 rings (SSSR count). The van der Waals surface area contributed by atoms with Crippen LogP contribution in [0.3, 0.4) is 0 Å². The van der Waals surface area contributed by atoms with Gasteiger partial charge in [-0.05, 0) is 37.0 Å². The molecule has 0 fully saturated rings. The number of nitrogens with one attached hydrogen (secondary N) is 1. The summed E-state index contributed by atoms with van der Waals surface area (Å²) in [6.07, 6.45) is 0.679. The molecular formula is C19H27N5O2S. The Hall–Kier alpha value is -2.35. The molecule has 1 aromatic heterocycles. The Kier molecular flexibility index (Phi) is 7.41. The maximum absolute atomic E-state index is 12.4. The van der Waals surface area contributed by atoms with Gasteiger partial charge in [-0.15, -0.1) is 10.2 Å². The first-order chi connectivity index (χ1) is 12.8. The number of benzene rings is 1. The van der Waals surface area contributed by atoms with Gasteiger partial charge in [0.25, 0.3) is 0 Å².